The van der Waals surface area contributed by atoms with Gasteiger partial charge in [-0.1, -0.05) is 60.7 Å². The smallest absolute Gasteiger partial charge is 0.333 e. The molecular weight excluding hydrogens is 280 g/mol. The summed E-state index contributed by atoms with van der Waals surface area (Å²) >= 11 is 0. The van der Waals surface area contributed by atoms with Crippen LogP contribution in [0.2, 0.25) is 0 Å². The molecule has 4 nitrogen and oxygen atoms in total. The number of carbonyl (C=O) groups is 1. The molecular formula is C18H20O4. The van der Waals surface area contributed by atoms with Gasteiger partial charge in [-0.3, -0.25) is 0 Å². The van der Waals surface area contributed by atoms with Crippen molar-refractivity contribution in [3.05, 3.63) is 71.8 Å². The van der Waals surface area contributed by atoms with Crippen LogP contribution in [0, 0.1) is 0 Å². The zero-order valence-corrected chi connectivity index (χ0v) is 12.4. The average Bonchev–Trinajstić information content (AvgIpc) is 2.55. The summed E-state index contributed by atoms with van der Waals surface area (Å²) in [6.07, 6.45) is 0.220. The molecule has 1 atom stereocenters. The Morgan fingerprint density at radius 3 is 2.14 bits per heavy atom. The van der Waals surface area contributed by atoms with Gasteiger partial charge in [0.1, 0.15) is 6.79 Å². The fraction of sp³-hybridized carbons (Fsp3) is 0.278. The molecule has 0 aliphatic heterocycles. The molecule has 0 saturated carbocycles. The Labute approximate surface area is 130 Å². The summed E-state index contributed by atoms with van der Waals surface area (Å²) in [5.41, 5.74) is 2.11. The SMILES string of the molecule is O=C(O)[C@H](Cc1ccccc1)OCOCCc1ccccc1. The summed E-state index contributed by atoms with van der Waals surface area (Å²) < 4.78 is 10.7. The van der Waals surface area contributed by atoms with Gasteiger partial charge in [0.15, 0.2) is 6.10 Å². The van der Waals surface area contributed by atoms with E-state index in [1.165, 1.54) is 5.56 Å². The molecule has 0 radical (unpaired) electrons. The molecule has 0 fully saturated rings. The molecule has 0 bridgehead atoms. The Morgan fingerprint density at radius 2 is 1.55 bits per heavy atom. The summed E-state index contributed by atoms with van der Waals surface area (Å²) in [4.78, 5) is 11.2. The van der Waals surface area contributed by atoms with Crippen molar-refractivity contribution in [1.29, 1.82) is 0 Å². The topological polar surface area (TPSA) is 55.8 Å². The number of hydrogen-bond donors (Lipinski definition) is 1. The van der Waals surface area contributed by atoms with E-state index < -0.39 is 12.1 Å². The highest BCUT2D eigenvalue weighted by Gasteiger charge is 2.18. The van der Waals surface area contributed by atoms with Crippen LogP contribution >= 0.6 is 0 Å². The average molecular weight is 300 g/mol. The van der Waals surface area contributed by atoms with Crippen molar-refractivity contribution in [2.45, 2.75) is 18.9 Å². The van der Waals surface area contributed by atoms with E-state index >= 15 is 0 Å². The number of carboxylic acids is 1. The quantitative estimate of drug-likeness (QED) is 0.571. The highest BCUT2D eigenvalue weighted by molar-refractivity contribution is 5.72. The third-order valence-electron chi connectivity index (χ3n) is 3.27. The van der Waals surface area contributed by atoms with E-state index in [1.54, 1.807) is 0 Å². The molecule has 0 saturated heterocycles. The lowest BCUT2D eigenvalue weighted by Gasteiger charge is -2.14. The Bertz CT molecular complexity index is 554. The molecule has 0 spiro atoms. The largest absolute Gasteiger partial charge is 0.479 e. The maximum Gasteiger partial charge on any atom is 0.333 e. The van der Waals surface area contributed by atoms with Crippen LogP contribution in [0.3, 0.4) is 0 Å². The van der Waals surface area contributed by atoms with E-state index in [1.807, 2.05) is 60.7 Å². The molecule has 22 heavy (non-hydrogen) atoms. The second-order valence-electron chi connectivity index (χ2n) is 4.94. The Morgan fingerprint density at radius 1 is 0.955 bits per heavy atom. The fourth-order valence-corrected chi connectivity index (χ4v) is 2.07. The lowest BCUT2D eigenvalue weighted by atomic mass is 10.1. The highest BCUT2D eigenvalue weighted by Crippen LogP contribution is 2.07. The van der Waals surface area contributed by atoms with Crippen LogP contribution in [0.1, 0.15) is 11.1 Å². The number of ether oxygens (including phenoxy) is 2. The Kier molecular flexibility index (Phi) is 6.61. The maximum atomic E-state index is 11.2. The van der Waals surface area contributed by atoms with Gasteiger partial charge in [-0.2, -0.15) is 0 Å². The van der Waals surface area contributed by atoms with Crippen molar-refractivity contribution in [2.75, 3.05) is 13.4 Å². The van der Waals surface area contributed by atoms with Gasteiger partial charge in [0, 0.05) is 6.42 Å². The second-order valence-corrected chi connectivity index (χ2v) is 4.94. The molecule has 0 unspecified atom stereocenters. The summed E-state index contributed by atoms with van der Waals surface area (Å²) in [5.74, 6) is -0.976. The van der Waals surface area contributed by atoms with E-state index in [0.717, 1.165) is 12.0 Å². The van der Waals surface area contributed by atoms with E-state index in [-0.39, 0.29) is 6.79 Å². The Hall–Kier alpha value is -2.17. The van der Waals surface area contributed by atoms with Gasteiger partial charge in [-0.25, -0.2) is 4.79 Å². The maximum absolute atomic E-state index is 11.2. The van der Waals surface area contributed by atoms with E-state index in [2.05, 4.69) is 0 Å². The first kappa shape index (κ1) is 16.2. The van der Waals surface area contributed by atoms with E-state index in [9.17, 15) is 9.90 Å². The number of rotatable bonds is 9. The first-order chi connectivity index (χ1) is 10.8. The van der Waals surface area contributed by atoms with Gasteiger partial charge in [0.2, 0.25) is 0 Å². The molecule has 2 aromatic carbocycles. The van der Waals surface area contributed by atoms with Gasteiger partial charge in [0.05, 0.1) is 6.61 Å². The number of aliphatic carboxylic acids is 1. The monoisotopic (exact) mass is 300 g/mol. The van der Waals surface area contributed by atoms with E-state index in [0.29, 0.717) is 13.0 Å². The zero-order valence-electron chi connectivity index (χ0n) is 12.4. The van der Waals surface area contributed by atoms with Crippen LogP contribution in [-0.2, 0) is 27.1 Å². The first-order valence-electron chi connectivity index (χ1n) is 7.25. The van der Waals surface area contributed by atoms with Crippen LogP contribution < -0.4 is 0 Å². The second kappa shape index (κ2) is 8.97. The van der Waals surface area contributed by atoms with Gasteiger partial charge in [0.25, 0.3) is 0 Å². The van der Waals surface area contributed by atoms with Crippen molar-refractivity contribution in [2.24, 2.45) is 0 Å². The minimum absolute atomic E-state index is 0.0172. The van der Waals surface area contributed by atoms with Crippen molar-refractivity contribution in [3.8, 4) is 0 Å². The molecule has 1 N–H and O–H groups in total. The summed E-state index contributed by atoms with van der Waals surface area (Å²) in [5, 5.41) is 9.19. The summed E-state index contributed by atoms with van der Waals surface area (Å²) in [6, 6.07) is 19.4. The standard InChI is InChI=1S/C18H20O4/c19-18(20)17(13-16-9-5-2-6-10-16)22-14-21-12-11-15-7-3-1-4-8-15/h1-10,17H,11-14H2,(H,19,20)/t17-/m0/s1. The predicted octanol–water partition coefficient (Wildman–Crippen LogP) is 2.92. The molecule has 0 amide bonds. The first-order valence-corrected chi connectivity index (χ1v) is 7.25. The highest BCUT2D eigenvalue weighted by atomic mass is 16.7. The minimum Gasteiger partial charge on any atom is -0.479 e. The Balaban J connectivity index is 1.70. The van der Waals surface area contributed by atoms with Gasteiger partial charge >= 0.3 is 5.97 Å². The van der Waals surface area contributed by atoms with Crippen LogP contribution in [-0.4, -0.2) is 30.6 Å². The lowest BCUT2D eigenvalue weighted by Crippen LogP contribution is -2.27. The van der Waals surface area contributed by atoms with Gasteiger partial charge in [-0.05, 0) is 17.5 Å². The molecule has 2 aromatic rings. The lowest BCUT2D eigenvalue weighted by molar-refractivity contribution is -0.160. The van der Waals surface area contributed by atoms with Crippen molar-refractivity contribution in [3.63, 3.8) is 0 Å². The molecule has 0 aliphatic rings. The minimum atomic E-state index is -0.976. The molecule has 0 aliphatic carbocycles. The summed E-state index contributed by atoms with van der Waals surface area (Å²) in [7, 11) is 0. The molecule has 4 heteroatoms. The summed E-state index contributed by atoms with van der Waals surface area (Å²) in [6.45, 7) is 0.484. The van der Waals surface area contributed by atoms with Crippen LogP contribution in [0.5, 0.6) is 0 Å². The molecule has 0 aromatic heterocycles. The van der Waals surface area contributed by atoms with Gasteiger partial charge in [-0.15, -0.1) is 0 Å². The van der Waals surface area contributed by atoms with Gasteiger partial charge < -0.3 is 14.6 Å². The molecule has 0 heterocycles. The van der Waals surface area contributed by atoms with E-state index in [4.69, 9.17) is 9.47 Å². The van der Waals surface area contributed by atoms with Crippen molar-refractivity contribution in [1.82, 2.24) is 0 Å². The molecule has 116 valence electrons. The molecule has 2 rings (SSSR count). The fourth-order valence-electron chi connectivity index (χ4n) is 2.07. The number of benzene rings is 2. The van der Waals surface area contributed by atoms with Crippen molar-refractivity contribution >= 4 is 5.97 Å². The zero-order chi connectivity index (χ0) is 15.6. The number of carboxylic acid groups (broad SMARTS) is 1. The van der Waals surface area contributed by atoms with Crippen LogP contribution in [0.25, 0.3) is 0 Å². The third kappa shape index (κ3) is 5.68. The predicted molar refractivity (Wildman–Crippen MR) is 83.6 cm³/mol. The number of hydrogen-bond acceptors (Lipinski definition) is 3. The van der Waals surface area contributed by atoms with Crippen LogP contribution in [0.4, 0.5) is 0 Å². The van der Waals surface area contributed by atoms with Crippen molar-refractivity contribution < 1.29 is 19.4 Å². The third-order valence-corrected chi connectivity index (χ3v) is 3.27. The normalized spacial score (nSPS) is 12.0. The van der Waals surface area contributed by atoms with Crippen LogP contribution in [0.15, 0.2) is 60.7 Å².